The normalized spacial score (nSPS) is 12.1. The number of thiophene rings is 1. The molecule has 0 saturated heterocycles. The van der Waals surface area contributed by atoms with E-state index in [2.05, 4.69) is 21.2 Å². The lowest BCUT2D eigenvalue weighted by atomic mass is 10.1. The number of nitrogens with one attached hydrogen (secondary N) is 1. The molecule has 0 radical (unpaired) electrons. The second-order valence-corrected chi connectivity index (χ2v) is 5.95. The highest BCUT2D eigenvalue weighted by Gasteiger charge is 2.12. The van der Waals surface area contributed by atoms with Crippen LogP contribution in [0.5, 0.6) is 0 Å². The van der Waals surface area contributed by atoms with Gasteiger partial charge in [-0.15, -0.1) is 11.3 Å². The molecule has 1 heterocycles. The van der Waals surface area contributed by atoms with E-state index >= 15 is 0 Å². The number of rotatable bonds is 4. The van der Waals surface area contributed by atoms with Gasteiger partial charge in [0, 0.05) is 9.35 Å². The number of hydrogen-bond acceptors (Lipinski definition) is 2. The smallest absolute Gasteiger partial charge is 0.225 e. The summed E-state index contributed by atoms with van der Waals surface area (Å²) in [5.41, 5.74) is 1.09. The highest BCUT2D eigenvalue weighted by molar-refractivity contribution is 9.10. The minimum atomic E-state index is 0.00744. The van der Waals surface area contributed by atoms with Gasteiger partial charge in [0.1, 0.15) is 0 Å². The lowest BCUT2D eigenvalue weighted by molar-refractivity contribution is -0.121. The number of amides is 1. The third-order valence-corrected chi connectivity index (χ3v) is 4.26. The Labute approximate surface area is 119 Å². The van der Waals surface area contributed by atoms with Crippen molar-refractivity contribution in [2.75, 3.05) is 0 Å². The molecule has 2 aromatic rings. The number of carbonyl (C=O) groups is 1. The first-order chi connectivity index (χ1) is 8.66. The topological polar surface area (TPSA) is 29.1 Å². The molecule has 1 unspecified atom stereocenters. The molecule has 0 aliphatic rings. The van der Waals surface area contributed by atoms with E-state index in [1.54, 1.807) is 11.3 Å². The van der Waals surface area contributed by atoms with Crippen molar-refractivity contribution in [3.63, 3.8) is 0 Å². The van der Waals surface area contributed by atoms with Crippen molar-refractivity contribution in [1.82, 2.24) is 5.32 Å². The zero-order valence-electron chi connectivity index (χ0n) is 10.0. The lowest BCUT2D eigenvalue weighted by Crippen LogP contribution is -2.28. The van der Waals surface area contributed by atoms with Crippen LogP contribution in [-0.2, 0) is 11.2 Å². The highest BCUT2D eigenvalue weighted by Crippen LogP contribution is 2.22. The van der Waals surface area contributed by atoms with E-state index in [-0.39, 0.29) is 11.9 Å². The van der Waals surface area contributed by atoms with E-state index < -0.39 is 0 Å². The van der Waals surface area contributed by atoms with E-state index in [1.807, 2.05) is 48.7 Å². The van der Waals surface area contributed by atoms with Gasteiger partial charge in [-0.05, 0) is 30.0 Å². The molecule has 0 aliphatic carbocycles. The second-order valence-electron chi connectivity index (χ2n) is 4.07. The molecule has 1 N–H and O–H groups in total. The fourth-order valence-corrected chi connectivity index (χ4v) is 3.10. The standard InChI is InChI=1S/C14H14BrNOS/c1-10(12-6-2-3-7-13(12)15)16-14(17)9-11-5-4-8-18-11/h2-8,10H,9H2,1H3,(H,16,17). The van der Waals surface area contributed by atoms with Crippen LogP contribution in [0.2, 0.25) is 0 Å². The maximum atomic E-state index is 11.9. The average Bonchev–Trinajstić information content (AvgIpc) is 2.82. The molecular formula is C14H14BrNOS. The van der Waals surface area contributed by atoms with Crippen LogP contribution in [0, 0.1) is 0 Å². The number of carbonyl (C=O) groups excluding carboxylic acids is 1. The summed E-state index contributed by atoms with van der Waals surface area (Å²) in [5, 5.41) is 5.00. The van der Waals surface area contributed by atoms with Crippen LogP contribution in [0.25, 0.3) is 0 Å². The molecule has 2 nitrogen and oxygen atoms in total. The fourth-order valence-electron chi connectivity index (χ4n) is 1.77. The lowest BCUT2D eigenvalue weighted by Gasteiger charge is -2.15. The zero-order valence-corrected chi connectivity index (χ0v) is 12.4. The predicted molar refractivity (Wildman–Crippen MR) is 78.7 cm³/mol. The summed E-state index contributed by atoms with van der Waals surface area (Å²) in [4.78, 5) is 13.0. The van der Waals surface area contributed by atoms with Gasteiger partial charge in [-0.3, -0.25) is 4.79 Å². The Morgan fingerprint density at radius 3 is 2.78 bits per heavy atom. The fraction of sp³-hybridized carbons (Fsp3) is 0.214. The highest BCUT2D eigenvalue weighted by atomic mass is 79.9. The second kappa shape index (κ2) is 6.16. The Hall–Kier alpha value is -1.13. The Balaban J connectivity index is 1.97. The number of hydrogen-bond donors (Lipinski definition) is 1. The van der Waals surface area contributed by atoms with Crippen LogP contribution in [0.3, 0.4) is 0 Å². The van der Waals surface area contributed by atoms with Crippen molar-refractivity contribution in [1.29, 1.82) is 0 Å². The molecule has 0 spiro atoms. The van der Waals surface area contributed by atoms with Crippen molar-refractivity contribution in [3.05, 3.63) is 56.7 Å². The first-order valence-corrected chi connectivity index (χ1v) is 7.40. The molecule has 18 heavy (non-hydrogen) atoms. The Kier molecular flexibility index (Phi) is 4.55. The van der Waals surface area contributed by atoms with E-state index in [9.17, 15) is 4.79 Å². The van der Waals surface area contributed by atoms with E-state index in [0.717, 1.165) is 14.9 Å². The van der Waals surface area contributed by atoms with Crippen molar-refractivity contribution >= 4 is 33.2 Å². The predicted octanol–water partition coefficient (Wildman–Crippen LogP) is 3.93. The van der Waals surface area contributed by atoms with Crippen LogP contribution in [0.4, 0.5) is 0 Å². The van der Waals surface area contributed by atoms with Gasteiger partial charge in [-0.1, -0.05) is 40.2 Å². The molecule has 94 valence electrons. The zero-order chi connectivity index (χ0) is 13.0. The molecule has 1 aromatic heterocycles. The van der Waals surface area contributed by atoms with Gasteiger partial charge in [-0.25, -0.2) is 0 Å². The van der Waals surface area contributed by atoms with Gasteiger partial charge in [0.15, 0.2) is 0 Å². The molecular weight excluding hydrogens is 310 g/mol. The number of halogens is 1. The molecule has 1 amide bonds. The molecule has 0 saturated carbocycles. The van der Waals surface area contributed by atoms with Gasteiger partial charge in [0.05, 0.1) is 12.5 Å². The van der Waals surface area contributed by atoms with Gasteiger partial charge in [0.25, 0.3) is 0 Å². The summed E-state index contributed by atoms with van der Waals surface area (Å²) in [6.45, 7) is 1.99. The Morgan fingerprint density at radius 1 is 1.33 bits per heavy atom. The summed E-state index contributed by atoms with van der Waals surface area (Å²) in [7, 11) is 0. The molecule has 0 bridgehead atoms. The largest absolute Gasteiger partial charge is 0.349 e. The van der Waals surface area contributed by atoms with Gasteiger partial charge >= 0.3 is 0 Å². The summed E-state index contributed by atoms with van der Waals surface area (Å²) in [6, 6.07) is 11.9. The van der Waals surface area contributed by atoms with E-state index in [4.69, 9.17) is 0 Å². The summed E-state index contributed by atoms with van der Waals surface area (Å²) in [6.07, 6.45) is 0.451. The molecule has 2 rings (SSSR count). The van der Waals surface area contributed by atoms with Gasteiger partial charge in [0.2, 0.25) is 5.91 Å². The van der Waals surface area contributed by atoms with Crippen molar-refractivity contribution < 1.29 is 4.79 Å². The van der Waals surface area contributed by atoms with Crippen molar-refractivity contribution in [2.24, 2.45) is 0 Å². The third-order valence-electron chi connectivity index (χ3n) is 2.66. The molecule has 0 aliphatic heterocycles. The minimum absolute atomic E-state index is 0.00744. The molecule has 1 aromatic carbocycles. The van der Waals surface area contributed by atoms with Crippen LogP contribution >= 0.6 is 27.3 Å². The van der Waals surface area contributed by atoms with E-state index in [0.29, 0.717) is 6.42 Å². The quantitative estimate of drug-likeness (QED) is 0.907. The third kappa shape index (κ3) is 3.43. The summed E-state index contributed by atoms with van der Waals surface area (Å²) in [5.74, 6) is 0.0562. The van der Waals surface area contributed by atoms with Crippen LogP contribution in [0.1, 0.15) is 23.4 Å². The monoisotopic (exact) mass is 323 g/mol. The maximum absolute atomic E-state index is 11.9. The molecule has 4 heteroatoms. The summed E-state index contributed by atoms with van der Waals surface area (Å²) < 4.78 is 1.02. The van der Waals surface area contributed by atoms with Gasteiger partial charge < -0.3 is 5.32 Å². The van der Waals surface area contributed by atoms with Crippen LogP contribution in [0.15, 0.2) is 46.3 Å². The first kappa shape index (κ1) is 13.3. The van der Waals surface area contributed by atoms with Crippen LogP contribution < -0.4 is 5.32 Å². The van der Waals surface area contributed by atoms with Crippen molar-refractivity contribution in [3.8, 4) is 0 Å². The Bertz CT molecular complexity index is 524. The molecule has 1 atom stereocenters. The van der Waals surface area contributed by atoms with Gasteiger partial charge in [-0.2, -0.15) is 0 Å². The first-order valence-electron chi connectivity index (χ1n) is 5.73. The maximum Gasteiger partial charge on any atom is 0.225 e. The average molecular weight is 324 g/mol. The number of benzene rings is 1. The molecule has 0 fully saturated rings. The van der Waals surface area contributed by atoms with Crippen molar-refractivity contribution in [2.45, 2.75) is 19.4 Å². The summed E-state index contributed by atoms with van der Waals surface area (Å²) >= 11 is 5.11. The van der Waals surface area contributed by atoms with E-state index in [1.165, 1.54) is 0 Å². The van der Waals surface area contributed by atoms with Crippen LogP contribution in [-0.4, -0.2) is 5.91 Å². The Morgan fingerprint density at radius 2 is 2.11 bits per heavy atom. The minimum Gasteiger partial charge on any atom is -0.349 e. The SMILES string of the molecule is CC(NC(=O)Cc1cccs1)c1ccccc1Br.